The number of hydrogen-bond acceptors (Lipinski definition) is 7. The van der Waals surface area contributed by atoms with Crippen molar-refractivity contribution in [3.8, 4) is 5.75 Å². The summed E-state index contributed by atoms with van der Waals surface area (Å²) in [6, 6.07) is 22.1. The van der Waals surface area contributed by atoms with Gasteiger partial charge in [0.2, 0.25) is 23.6 Å². The van der Waals surface area contributed by atoms with E-state index in [0.29, 0.717) is 6.42 Å². The molecule has 1 saturated heterocycles. The van der Waals surface area contributed by atoms with Crippen molar-refractivity contribution in [2.45, 2.75) is 102 Å². The number of ether oxygens (including phenoxy) is 1. The van der Waals surface area contributed by atoms with Gasteiger partial charge in [0.05, 0.1) is 11.6 Å². The molecule has 294 valence electrons. The van der Waals surface area contributed by atoms with Gasteiger partial charge in [0.15, 0.2) is 0 Å². The van der Waals surface area contributed by atoms with E-state index in [1.54, 1.807) is 57.0 Å². The molecule has 0 aromatic heterocycles. The number of rotatable bonds is 7. The van der Waals surface area contributed by atoms with Crippen molar-refractivity contribution in [2.24, 2.45) is 0 Å². The Labute approximate surface area is 324 Å². The van der Waals surface area contributed by atoms with Crippen LogP contribution < -0.4 is 26.0 Å². The molecule has 0 radical (unpaired) electrons. The van der Waals surface area contributed by atoms with E-state index < -0.39 is 41.4 Å². The first kappa shape index (κ1) is 40.9. The van der Waals surface area contributed by atoms with Gasteiger partial charge in [-0.15, -0.1) is 0 Å². The van der Waals surface area contributed by atoms with Gasteiger partial charge in [0, 0.05) is 38.5 Å². The number of benzene rings is 3. The Bertz CT molecular complexity index is 1790. The lowest BCUT2D eigenvalue weighted by Gasteiger charge is -2.31. The molecular weight excluding hydrogens is 697 g/mol. The van der Waals surface area contributed by atoms with E-state index in [9.17, 15) is 24.0 Å². The van der Waals surface area contributed by atoms with Gasteiger partial charge >= 0.3 is 0 Å². The number of nitrogens with zero attached hydrogens (tertiary/aromatic N) is 2. The van der Waals surface area contributed by atoms with Crippen LogP contribution in [0.5, 0.6) is 5.75 Å². The van der Waals surface area contributed by atoms with E-state index >= 15 is 0 Å². The van der Waals surface area contributed by atoms with Crippen molar-refractivity contribution in [2.75, 3.05) is 26.7 Å². The first-order valence-electron chi connectivity index (χ1n) is 19.4. The van der Waals surface area contributed by atoms with Gasteiger partial charge in [-0.05, 0) is 88.4 Å². The van der Waals surface area contributed by atoms with Gasteiger partial charge in [-0.3, -0.25) is 28.9 Å². The van der Waals surface area contributed by atoms with E-state index in [1.165, 1.54) is 19.3 Å². The van der Waals surface area contributed by atoms with Crippen molar-refractivity contribution >= 4 is 29.5 Å². The van der Waals surface area contributed by atoms with Crippen molar-refractivity contribution < 1.29 is 28.7 Å². The average Bonchev–Trinajstić information content (AvgIpc) is 3.17. The molecule has 4 N–H and O–H groups in total. The zero-order valence-corrected chi connectivity index (χ0v) is 32.6. The fourth-order valence-corrected chi connectivity index (χ4v) is 7.21. The molecule has 2 aliphatic rings. The first-order valence-corrected chi connectivity index (χ1v) is 19.4. The maximum absolute atomic E-state index is 14.0. The summed E-state index contributed by atoms with van der Waals surface area (Å²) in [4.78, 5) is 72.0. The van der Waals surface area contributed by atoms with Gasteiger partial charge in [-0.25, -0.2) is 0 Å². The van der Waals surface area contributed by atoms with Crippen molar-refractivity contribution in [3.05, 3.63) is 101 Å². The van der Waals surface area contributed by atoms with Crippen molar-refractivity contribution in [1.29, 1.82) is 0 Å². The minimum Gasteiger partial charge on any atom is -0.491 e. The molecule has 5 rings (SSSR count). The third kappa shape index (κ3) is 12.1. The molecule has 3 aromatic carbocycles. The van der Waals surface area contributed by atoms with Crippen molar-refractivity contribution in [3.63, 3.8) is 0 Å². The minimum atomic E-state index is -1.05. The molecule has 12 heteroatoms. The number of likely N-dealkylation sites (tertiary alicyclic amines) is 1. The average molecular weight is 753 g/mol. The Morgan fingerprint density at radius 3 is 2.27 bits per heavy atom. The maximum Gasteiger partial charge on any atom is 0.255 e. The van der Waals surface area contributed by atoms with Crippen LogP contribution in [0.15, 0.2) is 78.9 Å². The number of fused-ring (bicyclic) bond motifs is 1. The second-order valence-electron chi connectivity index (χ2n) is 15.4. The summed E-state index contributed by atoms with van der Waals surface area (Å²) in [5.74, 6) is -1.77. The first-order chi connectivity index (χ1) is 26.4. The Morgan fingerprint density at radius 2 is 1.53 bits per heavy atom. The Hall–Kier alpha value is -5.23. The lowest BCUT2D eigenvalue weighted by atomic mass is 9.99. The third-order valence-corrected chi connectivity index (χ3v) is 10.3. The molecule has 2 heterocycles. The summed E-state index contributed by atoms with van der Waals surface area (Å²) < 4.78 is 6.29. The van der Waals surface area contributed by atoms with Crippen LogP contribution in [0.3, 0.4) is 0 Å². The normalized spacial score (nSPS) is 22.0. The number of para-hydroxylation sites is 1. The molecular formula is C43H56N6O6. The van der Waals surface area contributed by atoms with Gasteiger partial charge < -0.3 is 30.9 Å². The van der Waals surface area contributed by atoms with E-state index in [-0.39, 0.29) is 55.5 Å². The Balaban J connectivity index is 1.39. The number of piperidine rings is 1. The number of nitrogens with one attached hydrogen (secondary N) is 4. The molecule has 0 saturated carbocycles. The number of amides is 5. The summed E-state index contributed by atoms with van der Waals surface area (Å²) in [5.41, 5.74) is 2.36. The summed E-state index contributed by atoms with van der Waals surface area (Å²) in [7, 11) is 1.67. The number of carbonyl (C=O) groups is 5. The second-order valence-corrected chi connectivity index (χ2v) is 15.4. The molecule has 0 aliphatic carbocycles. The van der Waals surface area contributed by atoms with Gasteiger partial charge in [0.1, 0.15) is 24.4 Å². The third-order valence-electron chi connectivity index (χ3n) is 10.3. The fourth-order valence-electron chi connectivity index (χ4n) is 7.21. The van der Waals surface area contributed by atoms with Crippen LogP contribution in [0.25, 0.3) is 0 Å². The monoisotopic (exact) mass is 752 g/mol. The van der Waals surface area contributed by atoms with E-state index in [4.69, 9.17) is 4.74 Å². The lowest BCUT2D eigenvalue weighted by Crippen LogP contribution is -2.53. The molecule has 3 atom stereocenters. The smallest absolute Gasteiger partial charge is 0.255 e. The Morgan fingerprint density at radius 1 is 0.855 bits per heavy atom. The fraction of sp³-hybridized carbons (Fsp3) is 0.465. The molecule has 3 aromatic rings. The minimum absolute atomic E-state index is 0.0135. The number of likely N-dealkylation sites (N-methyl/N-ethyl adjacent to an activating group) is 1. The standard InChI is InChI=1S/C43H56N6O6/c1-30-42(54)48(4)34(25-31-15-7-5-8-16-31)29-55-37-20-12-11-19-35(37)40(52)46-36(21-22-38(50)47-43(2,3)26-39(51)45-30)41(53)44-27-32-17-9-10-18-33(32)28-49-23-13-6-14-24-49/h5,7-12,15-20,30,34,36H,6,13-14,21-29H2,1-4H3,(H,44,53)(H,45,51)(H,46,52)(H,47,50)/t30-,34-,36-/m0/s1. The summed E-state index contributed by atoms with van der Waals surface area (Å²) in [5, 5.41) is 11.6. The SMILES string of the molecule is C[C@@H]1NC(=O)CC(C)(C)NC(=O)CC[C@@H](C(=O)NCc2ccccc2CN2CCCCC2)NC(=O)c2ccccc2OC[C@H](Cc2ccccc2)N(C)C1=O. The summed E-state index contributed by atoms with van der Waals surface area (Å²) in [6.07, 6.45) is 3.90. The zero-order chi connectivity index (χ0) is 39.4. The molecule has 2 aliphatic heterocycles. The zero-order valence-electron chi connectivity index (χ0n) is 32.6. The topological polar surface area (TPSA) is 149 Å². The van der Waals surface area contributed by atoms with Crippen LogP contribution in [-0.2, 0) is 38.7 Å². The molecule has 0 spiro atoms. The van der Waals surface area contributed by atoms with E-state index in [0.717, 1.165) is 36.3 Å². The molecule has 0 unspecified atom stereocenters. The largest absolute Gasteiger partial charge is 0.491 e. The van der Waals surface area contributed by atoms with Gasteiger partial charge in [0.25, 0.3) is 5.91 Å². The second kappa shape index (κ2) is 19.4. The summed E-state index contributed by atoms with van der Waals surface area (Å²) in [6.45, 7) is 8.28. The lowest BCUT2D eigenvalue weighted by molar-refractivity contribution is -0.137. The van der Waals surface area contributed by atoms with Crippen LogP contribution in [0.2, 0.25) is 0 Å². The molecule has 0 bridgehead atoms. The predicted octanol–water partition coefficient (Wildman–Crippen LogP) is 4.12. The number of hydrogen-bond donors (Lipinski definition) is 4. The molecule has 5 amide bonds. The molecule has 1 fully saturated rings. The van der Waals surface area contributed by atoms with Crippen LogP contribution >= 0.6 is 0 Å². The number of carbonyl (C=O) groups excluding carboxylic acids is 5. The van der Waals surface area contributed by atoms with Crippen molar-refractivity contribution in [1.82, 2.24) is 31.1 Å². The van der Waals surface area contributed by atoms with Crippen LogP contribution in [0.4, 0.5) is 0 Å². The highest BCUT2D eigenvalue weighted by Crippen LogP contribution is 2.21. The van der Waals surface area contributed by atoms with Gasteiger partial charge in [-0.1, -0.05) is 73.2 Å². The Kier molecular flexibility index (Phi) is 14.4. The van der Waals surface area contributed by atoms with Gasteiger partial charge in [-0.2, -0.15) is 0 Å². The highest BCUT2D eigenvalue weighted by molar-refractivity contribution is 5.99. The van der Waals surface area contributed by atoms with E-state index in [2.05, 4.69) is 32.2 Å². The maximum atomic E-state index is 14.0. The molecule has 12 nitrogen and oxygen atoms in total. The quantitative estimate of drug-likeness (QED) is 0.284. The van der Waals surface area contributed by atoms with Crippen LogP contribution in [0, 0.1) is 0 Å². The summed E-state index contributed by atoms with van der Waals surface area (Å²) >= 11 is 0. The van der Waals surface area contributed by atoms with E-state index in [1.807, 2.05) is 48.5 Å². The molecule has 55 heavy (non-hydrogen) atoms. The van der Waals surface area contributed by atoms with Crippen LogP contribution in [0.1, 0.15) is 86.3 Å². The highest BCUT2D eigenvalue weighted by Gasteiger charge is 2.31. The van der Waals surface area contributed by atoms with Crippen LogP contribution in [-0.4, -0.2) is 89.7 Å². The predicted molar refractivity (Wildman–Crippen MR) is 211 cm³/mol. The highest BCUT2D eigenvalue weighted by atomic mass is 16.5.